The third-order valence-corrected chi connectivity index (χ3v) is 4.49. The molecule has 1 aromatic heterocycles. The summed E-state index contributed by atoms with van der Waals surface area (Å²) in [6.45, 7) is 4.49. The monoisotopic (exact) mass is 330 g/mol. The van der Waals surface area contributed by atoms with Gasteiger partial charge in [0.1, 0.15) is 0 Å². The molecule has 0 aliphatic rings. The first-order valence-corrected chi connectivity index (χ1v) is 8.65. The largest absolute Gasteiger partial charge is 0.352 e. The molecule has 1 atom stereocenters. The second kappa shape index (κ2) is 8.48. The Morgan fingerprint density at radius 3 is 2.52 bits per heavy atom. The van der Waals surface area contributed by atoms with E-state index in [1.807, 2.05) is 43.5 Å². The number of rotatable bonds is 7. The highest BCUT2D eigenvalue weighted by Gasteiger charge is 2.08. The van der Waals surface area contributed by atoms with E-state index >= 15 is 0 Å². The molecule has 2 aromatic rings. The molecule has 1 aromatic carbocycles. The number of benzene rings is 1. The van der Waals surface area contributed by atoms with Crippen LogP contribution in [0, 0.1) is 0 Å². The predicted octanol–water partition coefficient (Wildman–Crippen LogP) is 3.14. The summed E-state index contributed by atoms with van der Waals surface area (Å²) in [7, 11) is 0. The van der Waals surface area contributed by atoms with Gasteiger partial charge in [0.15, 0.2) is 0 Å². The minimum Gasteiger partial charge on any atom is -0.352 e. The van der Waals surface area contributed by atoms with E-state index in [1.54, 1.807) is 23.5 Å². The number of thiophene rings is 1. The summed E-state index contributed by atoms with van der Waals surface area (Å²) >= 11 is 1.58. The molecule has 1 unspecified atom stereocenters. The Balaban J connectivity index is 1.82. The van der Waals surface area contributed by atoms with E-state index in [1.165, 1.54) is 0 Å². The second-order valence-corrected chi connectivity index (χ2v) is 6.54. The van der Waals surface area contributed by atoms with Crippen molar-refractivity contribution in [3.05, 3.63) is 57.8 Å². The number of carbonyl (C=O) groups is 2. The van der Waals surface area contributed by atoms with Gasteiger partial charge in [-0.3, -0.25) is 9.59 Å². The molecule has 2 amide bonds. The average molecular weight is 330 g/mol. The Morgan fingerprint density at radius 1 is 1.17 bits per heavy atom. The molecule has 0 aliphatic carbocycles. The average Bonchev–Trinajstić information content (AvgIpc) is 3.06. The number of hydrogen-bond acceptors (Lipinski definition) is 3. The van der Waals surface area contributed by atoms with Gasteiger partial charge in [0, 0.05) is 23.0 Å². The molecule has 23 heavy (non-hydrogen) atoms. The fourth-order valence-electron chi connectivity index (χ4n) is 2.02. The lowest BCUT2D eigenvalue weighted by Gasteiger charge is -2.11. The molecule has 0 spiro atoms. The number of amides is 2. The Labute approximate surface area is 140 Å². The highest BCUT2D eigenvalue weighted by atomic mass is 32.1. The van der Waals surface area contributed by atoms with Gasteiger partial charge in [-0.05, 0) is 42.5 Å². The van der Waals surface area contributed by atoms with E-state index in [0.717, 1.165) is 16.9 Å². The molecule has 2 rings (SSSR count). The highest BCUT2D eigenvalue weighted by molar-refractivity contribution is 7.10. The topological polar surface area (TPSA) is 58.2 Å². The summed E-state index contributed by atoms with van der Waals surface area (Å²) in [5, 5.41) is 7.79. The zero-order valence-corrected chi connectivity index (χ0v) is 14.3. The van der Waals surface area contributed by atoms with Crippen molar-refractivity contribution < 1.29 is 9.59 Å². The Hall–Kier alpha value is -2.14. The maximum atomic E-state index is 12.0. The predicted molar refractivity (Wildman–Crippen MR) is 93.5 cm³/mol. The van der Waals surface area contributed by atoms with Crippen LogP contribution in [0.4, 0.5) is 0 Å². The van der Waals surface area contributed by atoms with Crippen LogP contribution in [-0.2, 0) is 17.8 Å². The first-order chi connectivity index (χ1) is 11.1. The summed E-state index contributed by atoms with van der Waals surface area (Å²) in [6, 6.07) is 11.4. The van der Waals surface area contributed by atoms with Crippen molar-refractivity contribution in [2.24, 2.45) is 0 Å². The van der Waals surface area contributed by atoms with Crippen LogP contribution in [0.1, 0.15) is 41.1 Å². The zero-order valence-electron chi connectivity index (χ0n) is 13.5. The van der Waals surface area contributed by atoms with Gasteiger partial charge in [-0.2, -0.15) is 0 Å². The van der Waals surface area contributed by atoms with Crippen LogP contribution in [0.5, 0.6) is 0 Å². The summed E-state index contributed by atoms with van der Waals surface area (Å²) in [5.41, 5.74) is 1.61. The molecule has 5 heteroatoms. The molecule has 0 radical (unpaired) electrons. The van der Waals surface area contributed by atoms with Crippen molar-refractivity contribution in [2.75, 3.05) is 0 Å². The normalized spacial score (nSPS) is 11.7. The molecule has 0 saturated carbocycles. The molecular weight excluding hydrogens is 308 g/mol. The van der Waals surface area contributed by atoms with Gasteiger partial charge in [-0.1, -0.05) is 25.1 Å². The van der Waals surface area contributed by atoms with Gasteiger partial charge in [0.2, 0.25) is 5.91 Å². The van der Waals surface area contributed by atoms with Gasteiger partial charge >= 0.3 is 0 Å². The van der Waals surface area contributed by atoms with E-state index < -0.39 is 0 Å². The van der Waals surface area contributed by atoms with Crippen LogP contribution in [0.25, 0.3) is 0 Å². The molecule has 1 heterocycles. The van der Waals surface area contributed by atoms with Crippen LogP contribution in [-0.4, -0.2) is 17.9 Å². The van der Waals surface area contributed by atoms with Crippen LogP contribution < -0.4 is 10.6 Å². The number of carbonyl (C=O) groups excluding carboxylic acids is 2. The molecule has 4 nitrogen and oxygen atoms in total. The van der Waals surface area contributed by atoms with Crippen LogP contribution in [0.15, 0.2) is 41.8 Å². The lowest BCUT2D eigenvalue weighted by atomic mass is 10.1. The Bertz CT molecular complexity index is 636. The summed E-state index contributed by atoms with van der Waals surface area (Å²) < 4.78 is 0. The van der Waals surface area contributed by atoms with Gasteiger partial charge in [-0.15, -0.1) is 11.3 Å². The quantitative estimate of drug-likeness (QED) is 0.819. The first-order valence-electron chi connectivity index (χ1n) is 7.77. The minimum absolute atomic E-state index is 0.00559. The van der Waals surface area contributed by atoms with Crippen molar-refractivity contribution in [1.82, 2.24) is 10.6 Å². The minimum atomic E-state index is -0.0624. The van der Waals surface area contributed by atoms with Crippen molar-refractivity contribution in [2.45, 2.75) is 39.3 Å². The van der Waals surface area contributed by atoms with Crippen LogP contribution in [0.2, 0.25) is 0 Å². The first kappa shape index (κ1) is 17.2. The van der Waals surface area contributed by atoms with Gasteiger partial charge < -0.3 is 10.6 Å². The second-order valence-electron chi connectivity index (χ2n) is 5.51. The van der Waals surface area contributed by atoms with Gasteiger partial charge in [0.05, 0.1) is 6.42 Å². The molecule has 122 valence electrons. The molecule has 0 fully saturated rings. The van der Waals surface area contributed by atoms with E-state index in [9.17, 15) is 9.59 Å². The maximum Gasteiger partial charge on any atom is 0.251 e. The molecular formula is C18H22N2O2S. The third-order valence-electron chi connectivity index (χ3n) is 3.61. The van der Waals surface area contributed by atoms with Gasteiger partial charge in [-0.25, -0.2) is 0 Å². The Morgan fingerprint density at radius 2 is 1.91 bits per heavy atom. The summed E-state index contributed by atoms with van der Waals surface area (Å²) in [4.78, 5) is 24.9. The van der Waals surface area contributed by atoms with E-state index in [2.05, 4.69) is 10.6 Å². The van der Waals surface area contributed by atoms with E-state index in [0.29, 0.717) is 18.5 Å². The number of hydrogen-bond donors (Lipinski definition) is 2. The third kappa shape index (κ3) is 5.53. The van der Waals surface area contributed by atoms with Gasteiger partial charge in [0.25, 0.3) is 5.91 Å². The molecule has 0 saturated heterocycles. The van der Waals surface area contributed by atoms with Crippen molar-refractivity contribution in [3.63, 3.8) is 0 Å². The lowest BCUT2D eigenvalue weighted by Crippen LogP contribution is -2.31. The van der Waals surface area contributed by atoms with Crippen LogP contribution in [0.3, 0.4) is 0 Å². The standard InChI is InChI=1S/C18H22N2O2S/c1-3-13(2)20-18(22)15-8-6-14(7-9-15)12-19-17(21)11-16-5-4-10-23-16/h4-10,13H,3,11-12H2,1-2H3,(H,19,21)(H,20,22). The molecule has 0 bridgehead atoms. The fourth-order valence-corrected chi connectivity index (χ4v) is 2.72. The maximum absolute atomic E-state index is 12.0. The van der Waals surface area contributed by atoms with E-state index in [-0.39, 0.29) is 17.9 Å². The van der Waals surface area contributed by atoms with Crippen molar-refractivity contribution >= 4 is 23.2 Å². The van der Waals surface area contributed by atoms with E-state index in [4.69, 9.17) is 0 Å². The smallest absolute Gasteiger partial charge is 0.251 e. The summed E-state index contributed by atoms with van der Waals surface area (Å²) in [6.07, 6.45) is 1.31. The Kier molecular flexibility index (Phi) is 6.35. The fraction of sp³-hybridized carbons (Fsp3) is 0.333. The molecule has 0 aliphatic heterocycles. The SMILES string of the molecule is CCC(C)NC(=O)c1ccc(CNC(=O)Cc2cccs2)cc1. The number of nitrogens with one attached hydrogen (secondary N) is 2. The van der Waals surface area contributed by atoms with Crippen molar-refractivity contribution in [1.29, 1.82) is 0 Å². The summed E-state index contributed by atoms with van der Waals surface area (Å²) in [5.74, 6) is -0.0568. The van der Waals surface area contributed by atoms with Crippen LogP contribution >= 0.6 is 11.3 Å². The highest BCUT2D eigenvalue weighted by Crippen LogP contribution is 2.09. The zero-order chi connectivity index (χ0) is 16.7. The lowest BCUT2D eigenvalue weighted by molar-refractivity contribution is -0.120. The van der Waals surface area contributed by atoms with Crippen molar-refractivity contribution in [3.8, 4) is 0 Å². The molecule has 2 N–H and O–H groups in total.